The molecule has 19 heavy (non-hydrogen) atoms. The molecule has 2 aromatic heterocycles. The molecule has 1 unspecified atom stereocenters. The van der Waals surface area contributed by atoms with Crippen LogP contribution in [-0.4, -0.2) is 28.1 Å². The van der Waals surface area contributed by atoms with Crippen LogP contribution >= 0.6 is 0 Å². The number of hydrogen-bond acceptors (Lipinski definition) is 4. The highest BCUT2D eigenvalue weighted by atomic mass is 16.3. The van der Waals surface area contributed by atoms with Crippen molar-refractivity contribution in [3.8, 4) is 0 Å². The Morgan fingerprint density at radius 3 is 2.95 bits per heavy atom. The Hall–Kier alpha value is -2.57. The Kier molecular flexibility index (Phi) is 3.97. The van der Waals surface area contributed by atoms with Gasteiger partial charge in [-0.3, -0.25) is 14.7 Å². The largest absolute Gasteiger partial charge is 0.459 e. The fourth-order valence-corrected chi connectivity index (χ4v) is 1.46. The summed E-state index contributed by atoms with van der Waals surface area (Å²) < 4.78 is 4.94. The zero-order valence-electron chi connectivity index (χ0n) is 10.3. The Labute approximate surface area is 109 Å². The second-order valence-corrected chi connectivity index (χ2v) is 3.97. The average Bonchev–Trinajstić information content (AvgIpc) is 3.08. The van der Waals surface area contributed by atoms with E-state index >= 15 is 0 Å². The molecule has 0 aliphatic carbocycles. The summed E-state index contributed by atoms with van der Waals surface area (Å²) in [4.78, 5) is 23.4. The number of aromatic amines is 1. The highest BCUT2D eigenvalue weighted by Gasteiger charge is 2.17. The maximum absolute atomic E-state index is 11.8. The van der Waals surface area contributed by atoms with E-state index in [1.807, 2.05) is 0 Å². The van der Waals surface area contributed by atoms with Crippen LogP contribution in [0.3, 0.4) is 0 Å². The number of amides is 2. The maximum atomic E-state index is 11.8. The molecule has 7 nitrogen and oxygen atoms in total. The summed E-state index contributed by atoms with van der Waals surface area (Å²) in [5.41, 5.74) is 0.790. The van der Waals surface area contributed by atoms with Gasteiger partial charge in [0.25, 0.3) is 5.91 Å². The molecule has 2 rings (SSSR count). The fraction of sp³-hybridized carbons (Fsp3) is 0.250. The van der Waals surface area contributed by atoms with Crippen LogP contribution < -0.4 is 10.6 Å². The first-order valence-electron chi connectivity index (χ1n) is 5.77. The molecule has 1 atom stereocenters. The number of carbonyl (C=O) groups is 2. The van der Waals surface area contributed by atoms with E-state index in [-0.39, 0.29) is 11.7 Å². The molecule has 0 saturated heterocycles. The lowest BCUT2D eigenvalue weighted by molar-refractivity contribution is -0.122. The zero-order valence-corrected chi connectivity index (χ0v) is 10.3. The van der Waals surface area contributed by atoms with E-state index in [1.54, 1.807) is 25.3 Å². The van der Waals surface area contributed by atoms with E-state index < -0.39 is 11.9 Å². The molecule has 7 heteroatoms. The Bertz CT molecular complexity index is 533. The normalized spacial score (nSPS) is 11.8. The van der Waals surface area contributed by atoms with E-state index in [4.69, 9.17) is 4.42 Å². The Morgan fingerprint density at radius 2 is 2.32 bits per heavy atom. The number of nitrogens with zero attached hydrogens (tertiary/aromatic N) is 1. The smallest absolute Gasteiger partial charge is 0.287 e. The number of hydrogen-bond donors (Lipinski definition) is 3. The molecule has 0 fully saturated rings. The van der Waals surface area contributed by atoms with E-state index in [0.29, 0.717) is 6.54 Å². The minimum absolute atomic E-state index is 0.174. The molecular weight excluding hydrogens is 248 g/mol. The lowest BCUT2D eigenvalue weighted by atomic mass is 10.3. The Balaban J connectivity index is 1.80. The molecule has 2 aromatic rings. The van der Waals surface area contributed by atoms with Crippen molar-refractivity contribution in [3.63, 3.8) is 0 Å². The van der Waals surface area contributed by atoms with Crippen molar-refractivity contribution in [2.24, 2.45) is 0 Å². The van der Waals surface area contributed by atoms with Crippen LogP contribution in [0.25, 0.3) is 0 Å². The monoisotopic (exact) mass is 262 g/mol. The van der Waals surface area contributed by atoms with Gasteiger partial charge in [0.05, 0.1) is 18.5 Å². The van der Waals surface area contributed by atoms with Gasteiger partial charge in [-0.1, -0.05) is 0 Å². The number of nitrogens with one attached hydrogen (secondary N) is 3. The molecule has 2 amide bonds. The van der Waals surface area contributed by atoms with Gasteiger partial charge in [0.1, 0.15) is 6.04 Å². The minimum Gasteiger partial charge on any atom is -0.459 e. The lowest BCUT2D eigenvalue weighted by Gasteiger charge is -2.12. The molecule has 100 valence electrons. The van der Waals surface area contributed by atoms with Crippen molar-refractivity contribution < 1.29 is 14.0 Å². The average molecular weight is 262 g/mol. The second kappa shape index (κ2) is 5.85. The van der Waals surface area contributed by atoms with Crippen LogP contribution in [0, 0.1) is 0 Å². The van der Waals surface area contributed by atoms with E-state index in [9.17, 15) is 9.59 Å². The van der Waals surface area contributed by atoms with Crippen molar-refractivity contribution in [1.82, 2.24) is 20.8 Å². The topological polar surface area (TPSA) is 100 Å². The van der Waals surface area contributed by atoms with Gasteiger partial charge < -0.3 is 15.1 Å². The first kappa shape index (κ1) is 12.9. The van der Waals surface area contributed by atoms with Gasteiger partial charge in [0, 0.05) is 6.20 Å². The van der Waals surface area contributed by atoms with Crippen LogP contribution in [0.2, 0.25) is 0 Å². The number of furan rings is 1. The quantitative estimate of drug-likeness (QED) is 0.727. The van der Waals surface area contributed by atoms with Gasteiger partial charge in [0.2, 0.25) is 5.91 Å². The Morgan fingerprint density at radius 1 is 1.47 bits per heavy atom. The standard InChI is InChI=1S/C12H14N4O3/c1-8(15-12(18)10-3-2-6-19-10)11(17)13-7-9-4-5-14-16-9/h2-6,8H,7H2,1H3,(H,13,17)(H,14,16)(H,15,18). The summed E-state index contributed by atoms with van der Waals surface area (Å²) in [6, 6.07) is 4.25. The van der Waals surface area contributed by atoms with Crippen LogP contribution in [-0.2, 0) is 11.3 Å². The lowest BCUT2D eigenvalue weighted by Crippen LogP contribution is -2.44. The number of rotatable bonds is 5. The highest BCUT2D eigenvalue weighted by Crippen LogP contribution is 2.00. The molecule has 0 aliphatic heterocycles. The predicted octanol–water partition coefficient (Wildman–Crippen LogP) is 0.437. The molecule has 3 N–H and O–H groups in total. The van der Waals surface area contributed by atoms with Crippen molar-refractivity contribution in [1.29, 1.82) is 0 Å². The van der Waals surface area contributed by atoms with Gasteiger partial charge >= 0.3 is 0 Å². The van der Waals surface area contributed by atoms with Gasteiger partial charge in [0.15, 0.2) is 5.76 Å². The van der Waals surface area contributed by atoms with Crippen LogP contribution in [0.5, 0.6) is 0 Å². The van der Waals surface area contributed by atoms with Crippen LogP contribution in [0.15, 0.2) is 35.1 Å². The number of aromatic nitrogens is 2. The summed E-state index contributed by atoms with van der Waals surface area (Å²) in [7, 11) is 0. The fourth-order valence-electron chi connectivity index (χ4n) is 1.46. The minimum atomic E-state index is -0.652. The van der Waals surface area contributed by atoms with Gasteiger partial charge in [-0.25, -0.2) is 0 Å². The molecular formula is C12H14N4O3. The molecule has 0 spiro atoms. The van der Waals surface area contributed by atoms with Crippen molar-refractivity contribution in [2.75, 3.05) is 0 Å². The third-order valence-corrected chi connectivity index (χ3v) is 2.50. The summed E-state index contributed by atoms with van der Waals surface area (Å²) in [5, 5.41) is 11.7. The summed E-state index contributed by atoms with van der Waals surface area (Å²) >= 11 is 0. The third-order valence-electron chi connectivity index (χ3n) is 2.50. The molecule has 0 saturated carbocycles. The predicted molar refractivity (Wildman–Crippen MR) is 66.1 cm³/mol. The van der Waals surface area contributed by atoms with Gasteiger partial charge in [-0.15, -0.1) is 0 Å². The first-order chi connectivity index (χ1) is 9.16. The van der Waals surface area contributed by atoms with Crippen molar-refractivity contribution >= 4 is 11.8 Å². The van der Waals surface area contributed by atoms with Crippen molar-refractivity contribution in [3.05, 3.63) is 42.1 Å². The van der Waals surface area contributed by atoms with Gasteiger partial charge in [-0.05, 0) is 25.1 Å². The molecule has 0 aliphatic rings. The molecule has 2 heterocycles. The van der Waals surface area contributed by atoms with E-state index in [1.165, 1.54) is 12.3 Å². The molecule has 0 radical (unpaired) electrons. The van der Waals surface area contributed by atoms with Crippen molar-refractivity contribution in [2.45, 2.75) is 19.5 Å². The van der Waals surface area contributed by atoms with E-state index in [0.717, 1.165) is 5.69 Å². The third kappa shape index (κ3) is 3.44. The second-order valence-electron chi connectivity index (χ2n) is 3.97. The number of H-pyrrole nitrogens is 1. The first-order valence-corrected chi connectivity index (χ1v) is 5.77. The molecule has 0 bridgehead atoms. The number of carbonyl (C=O) groups excluding carboxylic acids is 2. The van der Waals surface area contributed by atoms with Crippen LogP contribution in [0.1, 0.15) is 23.2 Å². The maximum Gasteiger partial charge on any atom is 0.287 e. The molecule has 0 aromatic carbocycles. The summed E-state index contributed by atoms with van der Waals surface area (Å²) in [5.74, 6) is -0.531. The zero-order chi connectivity index (χ0) is 13.7. The van der Waals surface area contributed by atoms with E-state index in [2.05, 4.69) is 20.8 Å². The summed E-state index contributed by atoms with van der Waals surface area (Å²) in [6.07, 6.45) is 3.00. The van der Waals surface area contributed by atoms with Gasteiger partial charge in [-0.2, -0.15) is 5.10 Å². The van der Waals surface area contributed by atoms with Crippen LogP contribution in [0.4, 0.5) is 0 Å². The SMILES string of the molecule is CC(NC(=O)c1ccco1)C(=O)NCc1ccn[nH]1. The summed E-state index contributed by atoms with van der Waals surface area (Å²) in [6.45, 7) is 1.93. The highest BCUT2D eigenvalue weighted by molar-refractivity contribution is 5.95.